The minimum Gasteiger partial charge on any atom is -0.352 e. The molecular formula is C31H33N5OS. The number of rotatable bonds is 8. The van der Waals surface area contributed by atoms with Crippen LogP contribution in [0, 0.1) is 13.8 Å². The van der Waals surface area contributed by atoms with E-state index in [1.807, 2.05) is 54.7 Å². The predicted molar refractivity (Wildman–Crippen MR) is 156 cm³/mol. The average molecular weight is 524 g/mol. The van der Waals surface area contributed by atoms with Gasteiger partial charge >= 0.3 is 0 Å². The van der Waals surface area contributed by atoms with E-state index >= 15 is 0 Å². The van der Waals surface area contributed by atoms with Crippen molar-refractivity contribution in [3.8, 4) is 5.69 Å². The van der Waals surface area contributed by atoms with Gasteiger partial charge in [-0.2, -0.15) is 0 Å². The highest BCUT2D eigenvalue weighted by Gasteiger charge is 2.41. The van der Waals surface area contributed by atoms with Crippen LogP contribution in [-0.4, -0.2) is 32.0 Å². The van der Waals surface area contributed by atoms with E-state index in [9.17, 15) is 4.79 Å². The third kappa shape index (κ3) is 5.07. The summed E-state index contributed by atoms with van der Waals surface area (Å²) < 4.78 is 2.28. The molecule has 6 nitrogen and oxygen atoms in total. The van der Waals surface area contributed by atoms with Gasteiger partial charge in [-0.15, -0.1) is 0 Å². The lowest BCUT2D eigenvalue weighted by molar-refractivity contribution is -0.116. The number of para-hydroxylation sites is 2. The predicted octanol–water partition coefficient (Wildman–Crippen LogP) is 6.05. The summed E-state index contributed by atoms with van der Waals surface area (Å²) in [6.07, 6.45) is 3.00. The summed E-state index contributed by atoms with van der Waals surface area (Å²) in [6, 6.07) is 26.3. The summed E-state index contributed by atoms with van der Waals surface area (Å²) in [4.78, 5) is 19.8. The molecule has 0 bridgehead atoms. The van der Waals surface area contributed by atoms with Gasteiger partial charge in [-0.25, -0.2) is 0 Å². The zero-order valence-corrected chi connectivity index (χ0v) is 22.8. The number of aromatic nitrogens is 2. The van der Waals surface area contributed by atoms with E-state index in [0.717, 1.165) is 40.4 Å². The Kier molecular flexibility index (Phi) is 7.56. The quantitative estimate of drug-likeness (QED) is 0.275. The molecule has 1 aliphatic rings. The number of carbonyl (C=O) groups excluding carboxylic acids is 1. The molecule has 1 amide bonds. The fourth-order valence-electron chi connectivity index (χ4n) is 5.43. The van der Waals surface area contributed by atoms with Crippen molar-refractivity contribution in [3.63, 3.8) is 0 Å². The van der Waals surface area contributed by atoms with Crippen LogP contribution in [0.25, 0.3) is 5.69 Å². The number of amides is 1. The normalized spacial score (nSPS) is 16.9. The monoisotopic (exact) mass is 523 g/mol. The first-order valence-electron chi connectivity index (χ1n) is 13.1. The first-order chi connectivity index (χ1) is 18.5. The minimum absolute atomic E-state index is 0.0245. The molecule has 2 aromatic carbocycles. The van der Waals surface area contributed by atoms with Gasteiger partial charge in [-0.05, 0) is 80.0 Å². The SMILES string of the molecule is CCc1ccccc1NC(=O)CCN1C(=S)N[C@@H](c2ccccn2)[C@H]1c1cc(C)n(-c2ccccc2)c1C. The molecule has 1 saturated heterocycles. The highest BCUT2D eigenvalue weighted by molar-refractivity contribution is 7.80. The summed E-state index contributed by atoms with van der Waals surface area (Å²) in [5.41, 5.74) is 7.51. The highest BCUT2D eigenvalue weighted by atomic mass is 32.1. The van der Waals surface area contributed by atoms with Crippen LogP contribution in [0.5, 0.6) is 0 Å². The topological polar surface area (TPSA) is 62.2 Å². The lowest BCUT2D eigenvalue weighted by Crippen LogP contribution is -2.33. The fraction of sp³-hybridized carbons (Fsp3) is 0.258. The van der Waals surface area contributed by atoms with E-state index in [2.05, 4.69) is 76.2 Å². The Morgan fingerprint density at radius 3 is 2.50 bits per heavy atom. The first-order valence-corrected chi connectivity index (χ1v) is 13.5. The molecule has 1 aliphatic heterocycles. The van der Waals surface area contributed by atoms with Crippen LogP contribution in [0.15, 0.2) is 85.1 Å². The van der Waals surface area contributed by atoms with Gasteiger partial charge in [0.15, 0.2) is 5.11 Å². The Hall–Kier alpha value is -3.97. The molecular weight excluding hydrogens is 490 g/mol. The van der Waals surface area contributed by atoms with Gasteiger partial charge in [0, 0.05) is 41.9 Å². The highest BCUT2D eigenvalue weighted by Crippen LogP contribution is 2.41. The van der Waals surface area contributed by atoms with Gasteiger partial charge in [-0.3, -0.25) is 9.78 Å². The van der Waals surface area contributed by atoms with Gasteiger partial charge in [0.05, 0.1) is 17.8 Å². The zero-order valence-electron chi connectivity index (χ0n) is 22.0. The number of nitrogens with one attached hydrogen (secondary N) is 2. The van der Waals surface area contributed by atoms with Crippen LogP contribution in [0.3, 0.4) is 0 Å². The van der Waals surface area contributed by atoms with Gasteiger partial charge in [0.2, 0.25) is 5.91 Å². The summed E-state index contributed by atoms with van der Waals surface area (Å²) >= 11 is 5.84. The molecule has 2 N–H and O–H groups in total. The maximum Gasteiger partial charge on any atom is 0.226 e. The average Bonchev–Trinajstić information content (AvgIpc) is 3.42. The number of anilines is 1. The Bertz CT molecular complexity index is 1430. The molecule has 2 atom stereocenters. The lowest BCUT2D eigenvalue weighted by Gasteiger charge is -2.28. The van der Waals surface area contributed by atoms with Crippen LogP contribution in [-0.2, 0) is 11.2 Å². The summed E-state index contributed by atoms with van der Waals surface area (Å²) in [7, 11) is 0. The molecule has 5 rings (SSSR count). The maximum absolute atomic E-state index is 13.0. The number of hydrogen-bond donors (Lipinski definition) is 2. The molecule has 2 aromatic heterocycles. The van der Waals surface area contributed by atoms with E-state index in [4.69, 9.17) is 12.2 Å². The molecule has 4 aromatic rings. The third-order valence-electron chi connectivity index (χ3n) is 7.25. The minimum atomic E-state index is -0.127. The Balaban J connectivity index is 1.45. The van der Waals surface area contributed by atoms with E-state index < -0.39 is 0 Å². The molecule has 0 aliphatic carbocycles. The molecule has 38 heavy (non-hydrogen) atoms. The van der Waals surface area contributed by atoms with Crippen LogP contribution < -0.4 is 10.6 Å². The maximum atomic E-state index is 13.0. The van der Waals surface area contributed by atoms with Gasteiger partial charge < -0.3 is 20.1 Å². The second-order valence-corrected chi connectivity index (χ2v) is 10.0. The Labute approximate surface area is 229 Å². The second-order valence-electron chi connectivity index (χ2n) is 9.63. The summed E-state index contributed by atoms with van der Waals surface area (Å²) in [6.45, 7) is 6.87. The van der Waals surface area contributed by atoms with Gasteiger partial charge in [-0.1, -0.05) is 49.4 Å². The molecule has 0 unspecified atom stereocenters. The molecule has 194 valence electrons. The summed E-state index contributed by atoms with van der Waals surface area (Å²) in [5, 5.41) is 7.24. The van der Waals surface area contributed by atoms with Crippen molar-refractivity contribution in [2.45, 2.75) is 45.7 Å². The summed E-state index contributed by atoms with van der Waals surface area (Å²) in [5.74, 6) is -0.0245. The fourth-order valence-corrected chi connectivity index (χ4v) is 5.76. The van der Waals surface area contributed by atoms with E-state index in [1.165, 1.54) is 5.56 Å². The number of thiocarbonyl (C=S) groups is 1. The smallest absolute Gasteiger partial charge is 0.226 e. The molecule has 0 radical (unpaired) electrons. The number of pyridine rings is 1. The number of hydrogen-bond acceptors (Lipinski definition) is 3. The molecule has 1 fully saturated rings. The van der Waals surface area contributed by atoms with Crippen molar-refractivity contribution in [3.05, 3.63) is 113 Å². The van der Waals surface area contributed by atoms with Crippen LogP contribution >= 0.6 is 12.2 Å². The van der Waals surface area contributed by atoms with Crippen molar-refractivity contribution in [2.75, 3.05) is 11.9 Å². The molecule has 3 heterocycles. The number of carbonyl (C=O) groups is 1. The molecule has 0 saturated carbocycles. The number of aryl methyl sites for hydroxylation is 2. The van der Waals surface area contributed by atoms with E-state index in [-0.39, 0.29) is 18.0 Å². The standard InChI is InChI=1S/C31H33N5OS/c1-4-23-12-8-9-15-26(23)33-28(37)17-19-35-30(29(34-31(35)38)27-16-10-11-18-32-27)25-20-21(2)36(22(25)3)24-13-6-5-7-14-24/h5-16,18,20,29-30H,4,17,19H2,1-3H3,(H,33,37)(H,34,38)/t29-,30+/m0/s1. The van der Waals surface area contributed by atoms with Gasteiger partial charge in [0.1, 0.15) is 0 Å². The number of benzene rings is 2. The molecule has 7 heteroatoms. The van der Waals surface area contributed by atoms with Crippen molar-refractivity contribution in [2.24, 2.45) is 0 Å². The van der Waals surface area contributed by atoms with Crippen molar-refractivity contribution in [1.82, 2.24) is 19.8 Å². The zero-order chi connectivity index (χ0) is 26.6. The second kappa shape index (κ2) is 11.2. The first kappa shape index (κ1) is 25.7. The lowest BCUT2D eigenvalue weighted by atomic mass is 9.96. The number of nitrogens with zero attached hydrogens (tertiary/aromatic N) is 3. The molecule has 0 spiro atoms. The van der Waals surface area contributed by atoms with Crippen molar-refractivity contribution in [1.29, 1.82) is 0 Å². The van der Waals surface area contributed by atoms with Crippen molar-refractivity contribution < 1.29 is 4.79 Å². The van der Waals surface area contributed by atoms with E-state index in [0.29, 0.717) is 18.1 Å². The third-order valence-corrected chi connectivity index (χ3v) is 7.61. The largest absolute Gasteiger partial charge is 0.352 e. The van der Waals surface area contributed by atoms with Crippen LogP contribution in [0.1, 0.15) is 53.6 Å². The van der Waals surface area contributed by atoms with Gasteiger partial charge in [0.25, 0.3) is 0 Å². The van der Waals surface area contributed by atoms with E-state index in [1.54, 1.807) is 0 Å². The Morgan fingerprint density at radius 1 is 1.03 bits per heavy atom. The van der Waals surface area contributed by atoms with Crippen LogP contribution in [0.2, 0.25) is 0 Å². The van der Waals surface area contributed by atoms with Crippen LogP contribution in [0.4, 0.5) is 5.69 Å². The Morgan fingerprint density at radius 2 is 1.76 bits per heavy atom. The van der Waals surface area contributed by atoms with Crippen molar-refractivity contribution >= 4 is 28.9 Å².